The van der Waals surface area contributed by atoms with Crippen molar-refractivity contribution >= 4 is 5.97 Å². The average Bonchev–Trinajstić information content (AvgIpc) is 2.50. The maximum absolute atomic E-state index is 11.1. The summed E-state index contributed by atoms with van der Waals surface area (Å²) >= 11 is 0. The quantitative estimate of drug-likeness (QED) is 0.332. The van der Waals surface area contributed by atoms with Gasteiger partial charge in [0.15, 0.2) is 0 Å². The fourth-order valence-electron chi connectivity index (χ4n) is 2.76. The van der Waals surface area contributed by atoms with E-state index in [1.165, 1.54) is 0 Å². The van der Waals surface area contributed by atoms with Gasteiger partial charge in [0.25, 0.3) is 0 Å². The van der Waals surface area contributed by atoms with Crippen LogP contribution in [0.4, 0.5) is 0 Å². The first kappa shape index (κ1) is 11.7. The minimum Gasteiger partial charge on any atom is -0.549 e. The van der Waals surface area contributed by atoms with Crippen LogP contribution < -0.4 is 24.0 Å². The molecule has 2 aliphatic rings. The Morgan fingerprint density at radius 2 is 2.00 bits per heavy atom. The van der Waals surface area contributed by atoms with Crippen molar-refractivity contribution in [3.05, 3.63) is 0 Å². The molecule has 70 valence electrons. The Morgan fingerprint density at radius 3 is 2.43 bits per heavy atom. The van der Waals surface area contributed by atoms with Crippen molar-refractivity contribution in [2.24, 2.45) is 22.7 Å². The molecule has 0 bridgehead atoms. The molecule has 2 aliphatic carbocycles. The van der Waals surface area contributed by atoms with Crippen LogP contribution in [0.5, 0.6) is 0 Å². The third kappa shape index (κ3) is 1.10. The summed E-state index contributed by atoms with van der Waals surface area (Å²) in [6.07, 6.45) is 0.653. The SMILES string of the molecule is CC1C#CC2C(C)(C)C2(C(=O)[O-])C1.[Li+]. The maximum Gasteiger partial charge on any atom is 1.00 e. The fourth-order valence-corrected chi connectivity index (χ4v) is 2.76. The van der Waals surface area contributed by atoms with Crippen molar-refractivity contribution in [3.8, 4) is 11.8 Å². The van der Waals surface area contributed by atoms with Gasteiger partial charge in [0.1, 0.15) is 0 Å². The number of aliphatic carboxylic acids is 1. The molecule has 0 N–H and O–H groups in total. The van der Waals surface area contributed by atoms with Gasteiger partial charge in [-0.05, 0) is 11.8 Å². The van der Waals surface area contributed by atoms with Crippen molar-refractivity contribution in [1.29, 1.82) is 0 Å². The Labute approximate surface area is 96.6 Å². The van der Waals surface area contributed by atoms with E-state index >= 15 is 0 Å². The normalized spacial score (nSPS) is 41.1. The molecule has 3 atom stereocenters. The van der Waals surface area contributed by atoms with Gasteiger partial charge in [-0.3, -0.25) is 0 Å². The summed E-state index contributed by atoms with van der Waals surface area (Å²) in [7, 11) is 0. The van der Waals surface area contributed by atoms with Crippen molar-refractivity contribution in [1.82, 2.24) is 0 Å². The van der Waals surface area contributed by atoms with Crippen molar-refractivity contribution < 1.29 is 28.8 Å². The molecule has 2 rings (SSSR count). The second kappa shape index (κ2) is 3.06. The van der Waals surface area contributed by atoms with Gasteiger partial charge in [-0.2, -0.15) is 0 Å². The topological polar surface area (TPSA) is 40.1 Å². The van der Waals surface area contributed by atoms with Crippen LogP contribution in [0.1, 0.15) is 27.2 Å². The molecule has 0 aromatic rings. The summed E-state index contributed by atoms with van der Waals surface area (Å²) < 4.78 is 0. The third-order valence-corrected chi connectivity index (χ3v) is 3.75. The van der Waals surface area contributed by atoms with Crippen LogP contribution >= 0.6 is 0 Å². The number of carbonyl (C=O) groups excluding carboxylic acids is 1. The minimum atomic E-state index is -0.914. The first-order valence-corrected chi connectivity index (χ1v) is 4.65. The number of carbonyl (C=O) groups is 1. The summed E-state index contributed by atoms with van der Waals surface area (Å²) in [5.41, 5.74) is -0.846. The van der Waals surface area contributed by atoms with Crippen LogP contribution in [0, 0.1) is 34.5 Å². The van der Waals surface area contributed by atoms with Gasteiger partial charge in [-0.15, -0.1) is 0 Å². The molecule has 0 aromatic heterocycles. The molecular formula is C11H13LiO2. The van der Waals surface area contributed by atoms with Crippen LogP contribution in [0.15, 0.2) is 0 Å². The zero-order valence-corrected chi connectivity index (χ0v) is 9.18. The molecule has 2 nitrogen and oxygen atoms in total. The standard InChI is InChI=1S/C11H14O2.Li/c1-7-4-5-8-10(2,3)11(8,6-7)9(12)13;/h7-8H,6H2,1-3H3,(H,12,13);/q;+1/p-1. The first-order chi connectivity index (χ1) is 5.93. The van der Waals surface area contributed by atoms with Crippen molar-refractivity contribution in [3.63, 3.8) is 0 Å². The van der Waals surface area contributed by atoms with Gasteiger partial charge < -0.3 is 9.90 Å². The van der Waals surface area contributed by atoms with E-state index in [2.05, 4.69) is 11.8 Å². The van der Waals surface area contributed by atoms with Gasteiger partial charge in [0.2, 0.25) is 0 Å². The van der Waals surface area contributed by atoms with Crippen LogP contribution in [-0.2, 0) is 4.79 Å². The monoisotopic (exact) mass is 184 g/mol. The molecule has 0 amide bonds. The summed E-state index contributed by atoms with van der Waals surface area (Å²) in [4.78, 5) is 11.1. The van der Waals surface area contributed by atoms with Gasteiger partial charge in [-0.25, -0.2) is 0 Å². The van der Waals surface area contributed by atoms with Crippen molar-refractivity contribution in [2.45, 2.75) is 27.2 Å². The molecule has 14 heavy (non-hydrogen) atoms. The Kier molecular flexibility index (Phi) is 2.56. The maximum atomic E-state index is 11.1. The molecule has 3 heteroatoms. The summed E-state index contributed by atoms with van der Waals surface area (Å²) in [6, 6.07) is 0. The molecule has 0 heterocycles. The molecule has 1 saturated carbocycles. The van der Waals surface area contributed by atoms with Gasteiger partial charge >= 0.3 is 18.9 Å². The van der Waals surface area contributed by atoms with E-state index in [4.69, 9.17) is 0 Å². The first-order valence-electron chi connectivity index (χ1n) is 4.65. The Morgan fingerprint density at radius 1 is 1.43 bits per heavy atom. The molecule has 0 saturated heterocycles. The van der Waals surface area contributed by atoms with E-state index in [0.29, 0.717) is 6.42 Å². The number of carboxylic acids is 1. The second-order valence-electron chi connectivity index (χ2n) is 4.81. The zero-order valence-electron chi connectivity index (χ0n) is 9.18. The largest absolute Gasteiger partial charge is 1.00 e. The van der Waals surface area contributed by atoms with Crippen LogP contribution in [0.2, 0.25) is 0 Å². The summed E-state index contributed by atoms with van der Waals surface area (Å²) in [6.45, 7) is 5.92. The zero-order chi connectivity index (χ0) is 9.85. The third-order valence-electron chi connectivity index (χ3n) is 3.75. The van der Waals surface area contributed by atoms with E-state index in [1.807, 2.05) is 20.8 Å². The average molecular weight is 184 g/mol. The van der Waals surface area contributed by atoms with E-state index < -0.39 is 11.4 Å². The fraction of sp³-hybridized carbons (Fsp3) is 0.727. The van der Waals surface area contributed by atoms with E-state index in [0.717, 1.165) is 0 Å². The van der Waals surface area contributed by atoms with Crippen LogP contribution in [0.25, 0.3) is 0 Å². The number of hydrogen-bond acceptors (Lipinski definition) is 2. The summed E-state index contributed by atoms with van der Waals surface area (Å²) in [5, 5.41) is 11.1. The van der Waals surface area contributed by atoms with Gasteiger partial charge in [0.05, 0.1) is 0 Å². The predicted octanol–water partition coefficient (Wildman–Crippen LogP) is -2.57. The number of carboxylic acid groups (broad SMARTS) is 1. The summed E-state index contributed by atoms with van der Waals surface area (Å²) in [5.74, 6) is 5.41. The van der Waals surface area contributed by atoms with E-state index in [-0.39, 0.29) is 36.1 Å². The number of rotatable bonds is 1. The predicted molar refractivity (Wildman–Crippen MR) is 46.3 cm³/mol. The van der Waals surface area contributed by atoms with Crippen molar-refractivity contribution in [2.75, 3.05) is 0 Å². The molecule has 1 fully saturated rings. The van der Waals surface area contributed by atoms with Gasteiger partial charge in [-0.1, -0.05) is 32.6 Å². The smallest absolute Gasteiger partial charge is 0.549 e. The Balaban J connectivity index is 0.000000980. The molecule has 3 unspecified atom stereocenters. The Hall–Kier alpha value is -0.373. The molecule has 0 aliphatic heterocycles. The van der Waals surface area contributed by atoms with Crippen LogP contribution in [-0.4, -0.2) is 5.97 Å². The Bertz CT molecular complexity index is 337. The molecular weight excluding hydrogens is 171 g/mol. The molecule has 0 aromatic carbocycles. The van der Waals surface area contributed by atoms with E-state index in [1.54, 1.807) is 0 Å². The number of hydrogen-bond donors (Lipinski definition) is 0. The number of fused-ring (bicyclic) bond motifs is 1. The van der Waals surface area contributed by atoms with E-state index in [9.17, 15) is 9.90 Å². The molecule has 0 radical (unpaired) electrons. The second-order valence-corrected chi connectivity index (χ2v) is 4.81. The minimum absolute atomic E-state index is 0. The van der Waals surface area contributed by atoms with Crippen LogP contribution in [0.3, 0.4) is 0 Å². The molecule has 0 spiro atoms. The van der Waals surface area contributed by atoms with Gasteiger partial charge in [0, 0.05) is 23.2 Å².